The van der Waals surface area contributed by atoms with Gasteiger partial charge in [-0.05, 0) is 0 Å². The van der Waals surface area contributed by atoms with Gasteiger partial charge < -0.3 is 39.7 Å². The van der Waals surface area contributed by atoms with Gasteiger partial charge in [-0.1, -0.05) is 11.8 Å². The van der Waals surface area contributed by atoms with Gasteiger partial charge >= 0.3 is 5.69 Å². The molecule has 0 amide bonds. The number of nitrogens with two attached hydrogens (primary N) is 1. The summed E-state index contributed by atoms with van der Waals surface area (Å²) in [4.78, 5) is 67.2. The first-order valence-electron chi connectivity index (χ1n) is 8.23. The minimum atomic E-state index is -6.08. The molecule has 1 fully saturated rings. The summed E-state index contributed by atoms with van der Waals surface area (Å²) in [6.45, 7) is -1.09. The highest BCUT2D eigenvalue weighted by molar-refractivity contribution is 7.65. The summed E-state index contributed by atoms with van der Waals surface area (Å²) in [5, 5.41) is 10.0. The molecule has 2 rings (SSSR count). The van der Waals surface area contributed by atoms with E-state index >= 15 is 0 Å². The number of phosphoric acid groups is 3. The number of phosphoric ester groups is 1. The van der Waals surface area contributed by atoms with Gasteiger partial charge in [0.25, 0.3) is 29.0 Å². The minimum Gasteiger partial charge on any atom is -0.756 e. The van der Waals surface area contributed by atoms with E-state index in [2.05, 4.69) is 25.0 Å². The Morgan fingerprint density at radius 3 is 2.50 bits per heavy atom. The van der Waals surface area contributed by atoms with Crippen LogP contribution in [0.5, 0.6) is 0 Å². The summed E-state index contributed by atoms with van der Waals surface area (Å²) in [7, 11) is -17.7. The fraction of sp³-hybridized carbons (Fsp3) is 0.500. The van der Waals surface area contributed by atoms with Crippen molar-refractivity contribution in [1.29, 1.82) is 0 Å². The maximum Gasteiger partial charge on any atom is 0.330 e. The molecule has 0 bridgehead atoms. The first-order valence-corrected chi connectivity index (χ1v) is 12.7. The number of aromatic nitrogens is 2. The highest BCUT2D eigenvalue weighted by atomic mass is 31.3. The van der Waals surface area contributed by atoms with Crippen LogP contribution in [-0.2, 0) is 31.6 Å². The molecule has 0 radical (unpaired) electrons. The number of nitrogens with zero attached hydrogens (tertiary/aromatic N) is 1. The van der Waals surface area contributed by atoms with Crippen LogP contribution in [0.3, 0.4) is 0 Å². The lowest BCUT2D eigenvalue weighted by molar-refractivity contribution is -0.250. The number of nitrogens with one attached hydrogen (secondary N) is 1. The normalized spacial score (nSPS) is 26.4. The van der Waals surface area contributed by atoms with Gasteiger partial charge in [0, 0.05) is 12.6 Å². The van der Waals surface area contributed by atoms with E-state index in [1.807, 2.05) is 4.98 Å². The minimum absolute atomic E-state index is 0.0695. The molecular formula is C12H15N3O14P3-3. The van der Waals surface area contributed by atoms with Crippen LogP contribution in [0.4, 0.5) is 0 Å². The van der Waals surface area contributed by atoms with Gasteiger partial charge in [0.1, 0.15) is 17.9 Å². The van der Waals surface area contributed by atoms with Gasteiger partial charge in [0.15, 0.2) is 0 Å². The maximum atomic E-state index is 12.0. The zero-order chi connectivity index (χ0) is 24.3. The molecule has 2 heterocycles. The number of ether oxygens (including phenoxy) is 1. The SMILES string of the molecule is NCC#Cc1cn([C@H]2CC(O)[C@@H](COP(=O)([O-])OP(=O)([O-])OP(=O)([O-])O)O2)c(=O)[nH]c1=O. The van der Waals surface area contributed by atoms with E-state index in [0.717, 1.165) is 10.8 Å². The number of aliphatic hydroxyl groups excluding tert-OH is 1. The monoisotopic (exact) mass is 518 g/mol. The van der Waals surface area contributed by atoms with Crippen LogP contribution >= 0.6 is 23.5 Å². The summed E-state index contributed by atoms with van der Waals surface area (Å²) in [5.41, 5.74) is 3.34. The second kappa shape index (κ2) is 10.2. The average molecular weight is 518 g/mol. The molecular weight excluding hydrogens is 503 g/mol. The largest absolute Gasteiger partial charge is 0.756 e. The molecule has 6 atom stereocenters. The Balaban J connectivity index is 2.09. The fourth-order valence-electron chi connectivity index (χ4n) is 2.42. The van der Waals surface area contributed by atoms with Crippen LogP contribution in [0.15, 0.2) is 15.8 Å². The van der Waals surface area contributed by atoms with Crippen molar-refractivity contribution in [3.05, 3.63) is 32.6 Å². The Labute approximate surface area is 178 Å². The predicted octanol–water partition coefficient (Wildman–Crippen LogP) is -4.06. The van der Waals surface area contributed by atoms with Crippen molar-refractivity contribution in [2.75, 3.05) is 13.2 Å². The molecule has 1 saturated heterocycles. The molecule has 1 aromatic heterocycles. The van der Waals surface area contributed by atoms with Crippen LogP contribution in [0.2, 0.25) is 0 Å². The fourth-order valence-corrected chi connectivity index (χ4v) is 5.32. The van der Waals surface area contributed by atoms with Crippen molar-refractivity contribution >= 4 is 23.5 Å². The number of hydrogen-bond donors (Lipinski definition) is 4. The Bertz CT molecular complexity index is 1160. The standard InChI is InChI=1S/C12H18N3O14P3/c13-3-1-2-7-5-15(12(18)14-11(7)17)10-4-8(16)9(27-10)6-26-31(22,23)29-32(24,25)28-30(19,20)21/h5,8-10,16H,3-4,6,13H2,(H,22,23)(H,24,25)(H,14,17,18)(H2,19,20,21)/p-3/t8?,9-,10-/m1/s1. The zero-order valence-corrected chi connectivity index (χ0v) is 18.3. The van der Waals surface area contributed by atoms with Crippen LogP contribution in [0.1, 0.15) is 18.2 Å². The molecule has 1 aromatic rings. The molecule has 17 nitrogen and oxygen atoms in total. The third-order valence-electron chi connectivity index (χ3n) is 3.61. The molecule has 32 heavy (non-hydrogen) atoms. The highest BCUT2D eigenvalue weighted by Gasteiger charge is 2.37. The first-order chi connectivity index (χ1) is 14.6. The zero-order valence-electron chi connectivity index (χ0n) is 15.6. The van der Waals surface area contributed by atoms with Gasteiger partial charge in [-0.3, -0.25) is 28.0 Å². The van der Waals surface area contributed by atoms with Crippen molar-refractivity contribution < 1.29 is 56.3 Å². The highest BCUT2D eigenvalue weighted by Crippen LogP contribution is 2.61. The number of rotatable bonds is 8. The van der Waals surface area contributed by atoms with E-state index in [1.165, 1.54) is 0 Å². The molecule has 1 aliphatic rings. The average Bonchev–Trinajstić information content (AvgIpc) is 2.97. The Morgan fingerprint density at radius 2 is 1.91 bits per heavy atom. The smallest absolute Gasteiger partial charge is 0.330 e. The van der Waals surface area contributed by atoms with E-state index < -0.39 is 59.8 Å². The van der Waals surface area contributed by atoms with Crippen LogP contribution in [0, 0.1) is 11.8 Å². The van der Waals surface area contributed by atoms with Crippen LogP contribution in [0.25, 0.3) is 0 Å². The van der Waals surface area contributed by atoms with Crippen molar-refractivity contribution in [2.45, 2.75) is 24.9 Å². The molecule has 20 heteroatoms. The summed E-state index contributed by atoms with van der Waals surface area (Å²) in [6.07, 6.45) is -3.30. The first kappa shape index (κ1) is 26.8. The number of aromatic amines is 1. The van der Waals surface area contributed by atoms with Gasteiger partial charge in [-0.25, -0.2) is 13.4 Å². The van der Waals surface area contributed by atoms with Gasteiger partial charge in [-0.2, -0.15) is 0 Å². The van der Waals surface area contributed by atoms with Crippen molar-refractivity contribution in [3.8, 4) is 11.8 Å². The third-order valence-corrected chi connectivity index (χ3v) is 7.30. The third kappa shape index (κ3) is 7.84. The Hall–Kier alpha value is -1.47. The predicted molar refractivity (Wildman–Crippen MR) is 94.9 cm³/mol. The van der Waals surface area contributed by atoms with E-state index in [0.29, 0.717) is 0 Å². The molecule has 180 valence electrons. The summed E-state index contributed by atoms with van der Waals surface area (Å²) < 4.78 is 50.1. The maximum absolute atomic E-state index is 12.0. The summed E-state index contributed by atoms with van der Waals surface area (Å²) in [5.74, 6) is 4.84. The second-order valence-electron chi connectivity index (χ2n) is 5.97. The van der Waals surface area contributed by atoms with Crippen molar-refractivity contribution in [1.82, 2.24) is 9.55 Å². The van der Waals surface area contributed by atoms with E-state index in [4.69, 9.17) is 15.4 Å². The molecule has 0 saturated carbocycles. The quantitative estimate of drug-likeness (QED) is 0.188. The van der Waals surface area contributed by atoms with E-state index in [9.17, 15) is 43.1 Å². The number of aliphatic hydroxyl groups is 1. The summed E-state index contributed by atoms with van der Waals surface area (Å²) in [6, 6.07) is 0. The van der Waals surface area contributed by atoms with Crippen molar-refractivity contribution in [3.63, 3.8) is 0 Å². The number of hydrogen-bond acceptors (Lipinski definition) is 14. The van der Waals surface area contributed by atoms with Crippen LogP contribution < -0.4 is 31.7 Å². The summed E-state index contributed by atoms with van der Waals surface area (Å²) >= 11 is 0. The lowest BCUT2D eigenvalue weighted by atomic mass is 10.2. The molecule has 4 unspecified atom stereocenters. The van der Waals surface area contributed by atoms with Crippen molar-refractivity contribution in [2.24, 2.45) is 5.73 Å². The Kier molecular flexibility index (Phi) is 8.54. The van der Waals surface area contributed by atoms with Gasteiger partial charge in [0.05, 0.1) is 19.3 Å². The lowest BCUT2D eigenvalue weighted by Gasteiger charge is -2.33. The Morgan fingerprint density at radius 1 is 1.25 bits per heavy atom. The van der Waals surface area contributed by atoms with E-state index in [-0.39, 0.29) is 18.5 Å². The van der Waals surface area contributed by atoms with Crippen LogP contribution in [-0.4, -0.2) is 44.9 Å². The molecule has 0 aromatic carbocycles. The molecule has 1 aliphatic heterocycles. The number of H-pyrrole nitrogens is 1. The van der Waals surface area contributed by atoms with Gasteiger partial charge in [-0.15, -0.1) is 0 Å². The second-order valence-corrected chi connectivity index (χ2v) is 10.3. The van der Waals surface area contributed by atoms with E-state index in [1.54, 1.807) is 0 Å². The topological polar surface area (TPSA) is 279 Å². The van der Waals surface area contributed by atoms with Gasteiger partial charge in [0.2, 0.25) is 0 Å². The molecule has 0 spiro atoms. The molecule has 0 aliphatic carbocycles. The lowest BCUT2D eigenvalue weighted by Crippen LogP contribution is -2.33. The molecule has 5 N–H and O–H groups in total.